The molecule has 1 heterocycles. The van der Waals surface area contributed by atoms with Gasteiger partial charge in [-0.15, -0.1) is 11.8 Å². The van der Waals surface area contributed by atoms with Crippen LogP contribution in [0.1, 0.15) is 24.3 Å². The van der Waals surface area contributed by atoms with Crippen molar-refractivity contribution >= 4 is 29.3 Å². The van der Waals surface area contributed by atoms with E-state index >= 15 is 0 Å². The molecule has 0 fully saturated rings. The first-order valence-corrected chi connectivity index (χ1v) is 6.98. The normalized spacial score (nSPS) is 10.9. The third-order valence-electron chi connectivity index (χ3n) is 2.40. The second kappa shape index (κ2) is 5.67. The van der Waals surface area contributed by atoms with Gasteiger partial charge in [-0.1, -0.05) is 31.5 Å². The van der Waals surface area contributed by atoms with E-state index in [-0.39, 0.29) is 5.69 Å². The zero-order valence-corrected chi connectivity index (χ0v) is 12.0. The molecule has 0 spiro atoms. The Hall–Kier alpha value is -1.46. The van der Waals surface area contributed by atoms with Crippen LogP contribution in [0.3, 0.4) is 0 Å². The Morgan fingerprint density at radius 2 is 2.16 bits per heavy atom. The van der Waals surface area contributed by atoms with Gasteiger partial charge in [0.25, 0.3) is 0 Å². The quantitative estimate of drug-likeness (QED) is 0.839. The second-order valence-corrected chi connectivity index (χ2v) is 6.31. The molecule has 0 radical (unpaired) electrons. The number of aromatic amines is 1. The molecule has 0 atom stereocenters. The maximum atomic E-state index is 10.8. The molecule has 0 aliphatic carbocycles. The predicted molar refractivity (Wildman–Crippen MR) is 77.0 cm³/mol. The van der Waals surface area contributed by atoms with E-state index in [9.17, 15) is 4.79 Å². The molecule has 0 saturated heterocycles. The fraction of sp³-hybridized carbons (Fsp3) is 0.231. The second-order valence-electron chi connectivity index (χ2n) is 4.28. The molecule has 100 valence electrons. The summed E-state index contributed by atoms with van der Waals surface area (Å²) in [5.74, 6) is -1.03. The first kappa shape index (κ1) is 14.0. The molecular formula is C13H13ClN2O2S. The molecule has 2 rings (SSSR count). The number of aromatic carboxylic acids is 1. The molecule has 0 aliphatic rings. The van der Waals surface area contributed by atoms with Crippen molar-refractivity contribution in [2.24, 2.45) is 0 Å². The summed E-state index contributed by atoms with van der Waals surface area (Å²) >= 11 is 7.90. The molecule has 2 aromatic rings. The van der Waals surface area contributed by atoms with Gasteiger partial charge in [0.2, 0.25) is 0 Å². The molecule has 0 aliphatic heterocycles. The first-order chi connectivity index (χ1) is 8.97. The van der Waals surface area contributed by atoms with Gasteiger partial charge in [-0.3, -0.25) is 5.10 Å². The van der Waals surface area contributed by atoms with Crippen LogP contribution < -0.4 is 0 Å². The van der Waals surface area contributed by atoms with Gasteiger partial charge < -0.3 is 5.11 Å². The molecule has 0 unspecified atom stereocenters. The highest BCUT2D eigenvalue weighted by atomic mass is 35.5. The number of aromatic nitrogens is 2. The monoisotopic (exact) mass is 296 g/mol. The van der Waals surface area contributed by atoms with Crippen LogP contribution in [0, 0.1) is 0 Å². The molecule has 6 heteroatoms. The predicted octanol–water partition coefficient (Wildman–Crippen LogP) is 3.93. The van der Waals surface area contributed by atoms with Crippen LogP contribution in [0.5, 0.6) is 0 Å². The lowest BCUT2D eigenvalue weighted by molar-refractivity contribution is 0.0690. The Morgan fingerprint density at radius 3 is 2.68 bits per heavy atom. The van der Waals surface area contributed by atoms with Crippen molar-refractivity contribution in [1.82, 2.24) is 10.2 Å². The minimum atomic E-state index is -1.03. The average molecular weight is 297 g/mol. The molecule has 19 heavy (non-hydrogen) atoms. The van der Waals surface area contributed by atoms with Crippen molar-refractivity contribution in [3.05, 3.63) is 35.0 Å². The SMILES string of the molecule is CC(C)Sc1ccc(-c2cc(C(=O)O)[nH]n2)cc1Cl. The Morgan fingerprint density at radius 1 is 1.42 bits per heavy atom. The summed E-state index contributed by atoms with van der Waals surface area (Å²) in [6, 6.07) is 7.10. The molecule has 4 nitrogen and oxygen atoms in total. The lowest BCUT2D eigenvalue weighted by Gasteiger charge is -2.07. The number of rotatable bonds is 4. The smallest absolute Gasteiger partial charge is 0.353 e. The molecule has 2 N–H and O–H groups in total. The van der Waals surface area contributed by atoms with Gasteiger partial charge in [0.1, 0.15) is 5.69 Å². The van der Waals surface area contributed by atoms with Crippen LogP contribution in [-0.2, 0) is 0 Å². The summed E-state index contributed by atoms with van der Waals surface area (Å²) in [5, 5.41) is 16.4. The van der Waals surface area contributed by atoms with Gasteiger partial charge in [0.05, 0.1) is 10.7 Å². The van der Waals surface area contributed by atoms with E-state index in [1.165, 1.54) is 6.07 Å². The third kappa shape index (κ3) is 3.30. The van der Waals surface area contributed by atoms with Crippen molar-refractivity contribution in [2.45, 2.75) is 24.0 Å². The molecule has 1 aromatic carbocycles. The maximum absolute atomic E-state index is 10.8. The number of thioether (sulfide) groups is 1. The topological polar surface area (TPSA) is 66.0 Å². The first-order valence-electron chi connectivity index (χ1n) is 5.72. The highest BCUT2D eigenvalue weighted by molar-refractivity contribution is 8.00. The van der Waals surface area contributed by atoms with E-state index in [4.69, 9.17) is 16.7 Å². The van der Waals surface area contributed by atoms with Gasteiger partial charge in [-0.25, -0.2) is 4.79 Å². The van der Waals surface area contributed by atoms with Crippen molar-refractivity contribution in [3.8, 4) is 11.3 Å². The van der Waals surface area contributed by atoms with E-state index in [1.807, 2.05) is 12.1 Å². The fourth-order valence-electron chi connectivity index (χ4n) is 1.59. The van der Waals surface area contributed by atoms with Crippen LogP contribution in [0.2, 0.25) is 5.02 Å². The van der Waals surface area contributed by atoms with Crippen LogP contribution in [0.4, 0.5) is 0 Å². The molecule has 0 bridgehead atoms. The number of carboxylic acids is 1. The molecule has 0 amide bonds. The Kier molecular flexibility index (Phi) is 4.17. The van der Waals surface area contributed by atoms with Crippen molar-refractivity contribution in [2.75, 3.05) is 0 Å². The highest BCUT2D eigenvalue weighted by Crippen LogP contribution is 2.33. The van der Waals surface area contributed by atoms with Crippen molar-refractivity contribution < 1.29 is 9.90 Å². The minimum absolute atomic E-state index is 0.0618. The third-order valence-corrected chi connectivity index (χ3v) is 3.90. The lowest BCUT2D eigenvalue weighted by Crippen LogP contribution is -1.95. The number of H-pyrrole nitrogens is 1. The lowest BCUT2D eigenvalue weighted by atomic mass is 10.1. The van der Waals surface area contributed by atoms with Crippen LogP contribution in [0.15, 0.2) is 29.2 Å². The largest absolute Gasteiger partial charge is 0.477 e. The summed E-state index contributed by atoms with van der Waals surface area (Å²) in [6.45, 7) is 4.20. The van der Waals surface area contributed by atoms with Crippen molar-refractivity contribution in [3.63, 3.8) is 0 Å². The average Bonchev–Trinajstić information content (AvgIpc) is 2.80. The minimum Gasteiger partial charge on any atom is -0.477 e. The number of hydrogen-bond donors (Lipinski definition) is 2. The van der Waals surface area contributed by atoms with Crippen LogP contribution in [0.25, 0.3) is 11.3 Å². The molecule has 0 saturated carbocycles. The summed E-state index contributed by atoms with van der Waals surface area (Å²) in [5.41, 5.74) is 1.43. The van der Waals surface area contributed by atoms with E-state index in [1.54, 1.807) is 17.8 Å². The van der Waals surface area contributed by atoms with Gasteiger partial charge in [0.15, 0.2) is 0 Å². The van der Waals surface area contributed by atoms with Crippen LogP contribution in [-0.4, -0.2) is 26.5 Å². The fourth-order valence-corrected chi connectivity index (χ4v) is 2.73. The summed E-state index contributed by atoms with van der Waals surface area (Å²) < 4.78 is 0. The summed E-state index contributed by atoms with van der Waals surface area (Å²) in [4.78, 5) is 11.8. The summed E-state index contributed by atoms with van der Waals surface area (Å²) in [6.07, 6.45) is 0. The van der Waals surface area contributed by atoms with Gasteiger partial charge in [-0.05, 0) is 18.2 Å². The number of carboxylic acid groups (broad SMARTS) is 1. The number of hydrogen-bond acceptors (Lipinski definition) is 3. The maximum Gasteiger partial charge on any atom is 0.353 e. The van der Waals surface area contributed by atoms with Gasteiger partial charge in [0, 0.05) is 15.7 Å². The zero-order valence-electron chi connectivity index (χ0n) is 10.5. The number of nitrogens with zero attached hydrogens (tertiary/aromatic N) is 1. The number of benzene rings is 1. The van der Waals surface area contributed by atoms with E-state index in [0.29, 0.717) is 16.0 Å². The highest BCUT2D eigenvalue weighted by Gasteiger charge is 2.11. The Balaban J connectivity index is 2.30. The number of carbonyl (C=O) groups is 1. The van der Waals surface area contributed by atoms with E-state index in [2.05, 4.69) is 24.0 Å². The zero-order chi connectivity index (χ0) is 14.0. The van der Waals surface area contributed by atoms with Gasteiger partial charge in [-0.2, -0.15) is 5.10 Å². The van der Waals surface area contributed by atoms with E-state index in [0.717, 1.165) is 10.5 Å². The van der Waals surface area contributed by atoms with Gasteiger partial charge >= 0.3 is 5.97 Å². The molecular weight excluding hydrogens is 284 g/mol. The van der Waals surface area contributed by atoms with Crippen molar-refractivity contribution in [1.29, 1.82) is 0 Å². The van der Waals surface area contributed by atoms with Crippen LogP contribution >= 0.6 is 23.4 Å². The molecule has 1 aromatic heterocycles. The van der Waals surface area contributed by atoms with E-state index < -0.39 is 5.97 Å². The number of halogens is 1. The standard InChI is InChI=1S/C13H13ClN2O2S/c1-7(2)19-12-4-3-8(5-9(12)14)10-6-11(13(17)18)16-15-10/h3-7H,1-2H3,(H,15,16)(H,17,18). The number of nitrogens with one attached hydrogen (secondary N) is 1. The Labute approximate surface area is 120 Å². The summed E-state index contributed by atoms with van der Waals surface area (Å²) in [7, 11) is 0. The Bertz CT molecular complexity index is 610.